The Morgan fingerprint density at radius 3 is 2.81 bits per heavy atom. The molecule has 8 heteroatoms. The molecule has 1 amide bonds. The van der Waals surface area contributed by atoms with Crippen LogP contribution in [0.1, 0.15) is 42.1 Å². The smallest absolute Gasteiger partial charge is 0.339 e. The van der Waals surface area contributed by atoms with E-state index in [0.29, 0.717) is 37.7 Å². The van der Waals surface area contributed by atoms with Crippen LogP contribution in [-0.2, 0) is 16.1 Å². The number of nitrogens with one attached hydrogen (secondary N) is 1. The molecule has 1 atom stereocenters. The number of carbonyl (C=O) groups excluding carboxylic acids is 2. The van der Waals surface area contributed by atoms with Crippen molar-refractivity contribution in [3.05, 3.63) is 53.7 Å². The lowest BCUT2D eigenvalue weighted by Crippen LogP contribution is -2.17. The Hall–Kier alpha value is -3.81. The molecular weight excluding hydrogens is 456 g/mol. The van der Waals surface area contributed by atoms with Gasteiger partial charge in [0, 0.05) is 42.6 Å². The Labute approximate surface area is 209 Å². The zero-order valence-electron chi connectivity index (χ0n) is 20.6. The van der Waals surface area contributed by atoms with Gasteiger partial charge < -0.3 is 19.4 Å². The number of para-hydroxylation sites is 1. The van der Waals surface area contributed by atoms with Crippen molar-refractivity contribution in [2.45, 2.75) is 39.7 Å². The van der Waals surface area contributed by atoms with E-state index in [1.807, 2.05) is 18.2 Å². The van der Waals surface area contributed by atoms with Crippen molar-refractivity contribution in [1.82, 2.24) is 19.5 Å². The van der Waals surface area contributed by atoms with Gasteiger partial charge in [0.15, 0.2) is 0 Å². The van der Waals surface area contributed by atoms with Gasteiger partial charge in [0.2, 0.25) is 5.91 Å². The fraction of sp³-hybridized carbons (Fsp3) is 0.393. The predicted molar refractivity (Wildman–Crippen MR) is 136 cm³/mol. The number of benzene rings is 1. The van der Waals surface area contributed by atoms with Crippen LogP contribution < -0.4 is 10.1 Å². The highest BCUT2D eigenvalue weighted by atomic mass is 16.5. The first-order valence-corrected chi connectivity index (χ1v) is 12.7. The summed E-state index contributed by atoms with van der Waals surface area (Å²) in [5.74, 6) is 1.42. The Balaban J connectivity index is 1.42. The van der Waals surface area contributed by atoms with Crippen LogP contribution in [0.15, 0.2) is 42.6 Å². The van der Waals surface area contributed by atoms with E-state index in [2.05, 4.69) is 28.9 Å². The van der Waals surface area contributed by atoms with Gasteiger partial charge in [-0.25, -0.2) is 9.31 Å². The van der Waals surface area contributed by atoms with Gasteiger partial charge in [-0.2, -0.15) is 5.10 Å². The quantitative estimate of drug-likeness (QED) is 0.374. The molecule has 2 aliphatic rings. The summed E-state index contributed by atoms with van der Waals surface area (Å²) in [6.45, 7) is 6.28. The van der Waals surface area contributed by atoms with Crippen LogP contribution in [0, 0.1) is 18.8 Å². The van der Waals surface area contributed by atoms with Crippen LogP contribution >= 0.6 is 0 Å². The summed E-state index contributed by atoms with van der Waals surface area (Å²) in [6.07, 6.45) is 4.71. The molecule has 8 nitrogen and oxygen atoms in total. The maximum absolute atomic E-state index is 12.3. The number of carbonyl (C=O) groups is 2. The number of aromatic nitrogens is 3. The van der Waals surface area contributed by atoms with Crippen LogP contribution in [-0.4, -0.2) is 45.8 Å². The molecule has 1 saturated carbocycles. The van der Waals surface area contributed by atoms with Crippen molar-refractivity contribution in [3.63, 3.8) is 0 Å². The van der Waals surface area contributed by atoms with Gasteiger partial charge >= 0.3 is 5.97 Å². The summed E-state index contributed by atoms with van der Waals surface area (Å²) in [5, 5.41) is 8.91. The van der Waals surface area contributed by atoms with Crippen molar-refractivity contribution in [2.24, 2.45) is 11.8 Å². The minimum Gasteiger partial charge on any atom is -0.491 e. The van der Waals surface area contributed by atoms with Crippen LogP contribution in [0.4, 0.5) is 0 Å². The number of rotatable bonds is 8. The van der Waals surface area contributed by atoms with Gasteiger partial charge in [-0.15, -0.1) is 0 Å². The van der Waals surface area contributed by atoms with E-state index < -0.39 is 0 Å². The molecule has 6 rings (SSSR count). The van der Waals surface area contributed by atoms with Crippen molar-refractivity contribution in [2.75, 3.05) is 19.8 Å². The fourth-order valence-electron chi connectivity index (χ4n) is 5.09. The van der Waals surface area contributed by atoms with Gasteiger partial charge in [-0.1, -0.05) is 12.1 Å². The third-order valence-corrected chi connectivity index (χ3v) is 7.19. The van der Waals surface area contributed by atoms with E-state index in [0.717, 1.165) is 45.7 Å². The number of esters is 1. The number of fused-ring (bicyclic) bond motifs is 2. The molecular formula is C28H30N4O4. The third kappa shape index (κ3) is 4.10. The van der Waals surface area contributed by atoms with E-state index in [4.69, 9.17) is 14.6 Å². The van der Waals surface area contributed by atoms with Crippen molar-refractivity contribution < 1.29 is 19.1 Å². The summed E-state index contributed by atoms with van der Waals surface area (Å²) in [7, 11) is 0. The maximum Gasteiger partial charge on any atom is 0.339 e. The molecule has 186 valence electrons. The standard InChI is InChI=1S/C28H30N4O4/c1-3-35-28(34)21-9-10-22-17(2)26(30-32(22)15-21)23-12-20-5-4-6-24(27(20)31(23)14-18-7-8-18)36-16-19-11-25(33)29-13-19/h4-6,9-10,12,15,18-19H,3,7-8,11,13-14,16H2,1-2H3,(H,29,33). The summed E-state index contributed by atoms with van der Waals surface area (Å²) < 4.78 is 15.6. The van der Waals surface area contributed by atoms with Crippen LogP contribution in [0.25, 0.3) is 27.8 Å². The van der Waals surface area contributed by atoms with Crippen molar-refractivity contribution in [1.29, 1.82) is 0 Å². The second kappa shape index (κ2) is 9.00. The first kappa shape index (κ1) is 22.6. The minimum absolute atomic E-state index is 0.0923. The molecule has 2 fully saturated rings. The van der Waals surface area contributed by atoms with Gasteiger partial charge in [-0.05, 0) is 56.9 Å². The molecule has 1 saturated heterocycles. The lowest BCUT2D eigenvalue weighted by atomic mass is 10.1. The first-order valence-electron chi connectivity index (χ1n) is 12.7. The number of amides is 1. The molecule has 1 N–H and O–H groups in total. The number of hydrogen-bond donors (Lipinski definition) is 1. The zero-order chi connectivity index (χ0) is 24.8. The van der Waals surface area contributed by atoms with E-state index in [1.165, 1.54) is 12.8 Å². The normalized spacial score (nSPS) is 17.6. The van der Waals surface area contributed by atoms with Gasteiger partial charge in [-0.3, -0.25) is 4.79 Å². The van der Waals surface area contributed by atoms with Gasteiger partial charge in [0.05, 0.1) is 35.5 Å². The average Bonchev–Trinajstić information content (AvgIpc) is 3.34. The lowest BCUT2D eigenvalue weighted by molar-refractivity contribution is -0.119. The van der Waals surface area contributed by atoms with E-state index >= 15 is 0 Å². The monoisotopic (exact) mass is 486 g/mol. The highest BCUT2D eigenvalue weighted by molar-refractivity contribution is 5.93. The topological polar surface area (TPSA) is 86.9 Å². The van der Waals surface area contributed by atoms with Gasteiger partial charge in [0.25, 0.3) is 0 Å². The number of nitrogens with zero attached hydrogens (tertiary/aromatic N) is 3. The molecule has 0 spiro atoms. The number of pyridine rings is 1. The summed E-state index contributed by atoms with van der Waals surface area (Å²) in [6, 6.07) is 12.1. The van der Waals surface area contributed by atoms with Crippen LogP contribution in [0.3, 0.4) is 0 Å². The molecule has 1 unspecified atom stereocenters. The summed E-state index contributed by atoms with van der Waals surface area (Å²) >= 11 is 0. The second-order valence-electron chi connectivity index (χ2n) is 9.90. The summed E-state index contributed by atoms with van der Waals surface area (Å²) in [5.41, 5.74) is 5.50. The van der Waals surface area contributed by atoms with E-state index in [1.54, 1.807) is 23.7 Å². The minimum atomic E-state index is -0.349. The average molecular weight is 487 g/mol. The molecule has 4 heterocycles. The molecule has 1 aromatic carbocycles. The van der Waals surface area contributed by atoms with Gasteiger partial charge in [0.1, 0.15) is 11.4 Å². The lowest BCUT2D eigenvalue weighted by Gasteiger charge is -2.15. The number of hydrogen-bond acceptors (Lipinski definition) is 5. The Morgan fingerprint density at radius 1 is 1.19 bits per heavy atom. The molecule has 3 aromatic heterocycles. The maximum atomic E-state index is 12.3. The predicted octanol–water partition coefficient (Wildman–Crippen LogP) is 4.37. The second-order valence-corrected chi connectivity index (χ2v) is 9.90. The molecule has 1 aliphatic carbocycles. The number of aryl methyl sites for hydroxylation is 1. The Morgan fingerprint density at radius 2 is 2.06 bits per heavy atom. The summed E-state index contributed by atoms with van der Waals surface area (Å²) in [4.78, 5) is 23.9. The number of ether oxygens (including phenoxy) is 2. The molecule has 0 radical (unpaired) electrons. The molecule has 36 heavy (non-hydrogen) atoms. The van der Waals surface area contributed by atoms with E-state index in [-0.39, 0.29) is 17.8 Å². The highest BCUT2D eigenvalue weighted by Gasteiger charge is 2.27. The largest absolute Gasteiger partial charge is 0.491 e. The third-order valence-electron chi connectivity index (χ3n) is 7.19. The van der Waals surface area contributed by atoms with Crippen LogP contribution in [0.5, 0.6) is 5.75 Å². The van der Waals surface area contributed by atoms with Crippen LogP contribution in [0.2, 0.25) is 0 Å². The van der Waals surface area contributed by atoms with E-state index in [9.17, 15) is 9.59 Å². The first-order chi connectivity index (χ1) is 17.5. The SMILES string of the molecule is CCOC(=O)c1ccc2c(C)c(-c3cc4cccc(OCC5CNC(=O)C5)c4n3CC3CC3)nn2c1. The molecule has 0 bridgehead atoms. The van der Waals surface area contributed by atoms with Crippen molar-refractivity contribution >= 4 is 28.3 Å². The molecule has 4 aromatic rings. The Bertz CT molecular complexity index is 1480. The van der Waals surface area contributed by atoms with Crippen molar-refractivity contribution in [3.8, 4) is 17.1 Å². The highest BCUT2D eigenvalue weighted by Crippen LogP contribution is 2.39. The molecule has 1 aliphatic heterocycles. The Kier molecular flexibility index (Phi) is 5.66. The zero-order valence-corrected chi connectivity index (χ0v) is 20.6. The fourth-order valence-corrected chi connectivity index (χ4v) is 5.09.